The summed E-state index contributed by atoms with van der Waals surface area (Å²) in [5, 5.41) is 9.01. The molecule has 0 spiro atoms. The number of carbonyl (C=O) groups is 2. The molecule has 21 heavy (non-hydrogen) atoms. The van der Waals surface area contributed by atoms with E-state index in [0.717, 1.165) is 5.56 Å². The third kappa shape index (κ3) is 3.72. The Morgan fingerprint density at radius 3 is 2.67 bits per heavy atom. The molecule has 2 rings (SSSR count). The molecule has 1 aromatic carbocycles. The number of benzene rings is 1. The normalized spacial score (nSPS) is 20.9. The standard InChI is InChI=1S/C15H19NO5/c1-15(2)10-21-12(13(17)18)8-16(15)14(19)20-9-11-6-4-3-5-7-11/h3-7,12H,8-10H2,1-2H3,(H,17,18). The van der Waals surface area contributed by atoms with Crippen LogP contribution in [0.4, 0.5) is 4.79 Å². The van der Waals surface area contributed by atoms with Gasteiger partial charge in [0.05, 0.1) is 18.7 Å². The summed E-state index contributed by atoms with van der Waals surface area (Å²) in [7, 11) is 0. The number of carboxylic acid groups (broad SMARTS) is 1. The van der Waals surface area contributed by atoms with Crippen molar-refractivity contribution in [3.8, 4) is 0 Å². The molecule has 1 heterocycles. The first-order chi connectivity index (χ1) is 9.90. The summed E-state index contributed by atoms with van der Waals surface area (Å²) < 4.78 is 10.5. The molecule has 1 unspecified atom stereocenters. The average Bonchev–Trinajstić information content (AvgIpc) is 2.45. The van der Waals surface area contributed by atoms with E-state index in [1.54, 1.807) is 0 Å². The van der Waals surface area contributed by atoms with E-state index in [1.807, 2.05) is 44.2 Å². The lowest BCUT2D eigenvalue weighted by molar-refractivity contribution is -0.162. The van der Waals surface area contributed by atoms with Crippen LogP contribution in [0.3, 0.4) is 0 Å². The molecule has 1 amide bonds. The van der Waals surface area contributed by atoms with Crippen LogP contribution in [0.2, 0.25) is 0 Å². The number of carboxylic acids is 1. The SMILES string of the molecule is CC1(C)COC(C(=O)O)CN1C(=O)OCc1ccccc1. The van der Waals surface area contributed by atoms with Gasteiger partial charge in [-0.25, -0.2) is 9.59 Å². The van der Waals surface area contributed by atoms with Crippen LogP contribution < -0.4 is 0 Å². The Hall–Kier alpha value is -2.08. The quantitative estimate of drug-likeness (QED) is 0.921. The summed E-state index contributed by atoms with van der Waals surface area (Å²) in [5.74, 6) is -1.08. The van der Waals surface area contributed by atoms with Crippen molar-refractivity contribution in [2.75, 3.05) is 13.2 Å². The molecule has 0 bridgehead atoms. The van der Waals surface area contributed by atoms with Crippen LogP contribution in [0, 0.1) is 0 Å². The van der Waals surface area contributed by atoms with Gasteiger partial charge in [0.15, 0.2) is 6.10 Å². The number of rotatable bonds is 3. The van der Waals surface area contributed by atoms with Crippen molar-refractivity contribution in [3.05, 3.63) is 35.9 Å². The van der Waals surface area contributed by atoms with Crippen LogP contribution in [0.15, 0.2) is 30.3 Å². The maximum Gasteiger partial charge on any atom is 0.410 e. The number of hydrogen-bond donors (Lipinski definition) is 1. The fourth-order valence-corrected chi connectivity index (χ4v) is 2.12. The zero-order chi connectivity index (χ0) is 15.5. The van der Waals surface area contributed by atoms with Crippen LogP contribution in [0.5, 0.6) is 0 Å². The molecule has 1 N–H and O–H groups in total. The summed E-state index contributed by atoms with van der Waals surface area (Å²) in [4.78, 5) is 24.6. The molecular weight excluding hydrogens is 274 g/mol. The Bertz CT molecular complexity index is 514. The van der Waals surface area contributed by atoms with E-state index < -0.39 is 23.7 Å². The molecule has 0 aromatic heterocycles. The molecule has 1 aromatic rings. The van der Waals surface area contributed by atoms with Gasteiger partial charge < -0.3 is 14.6 Å². The lowest BCUT2D eigenvalue weighted by Crippen LogP contribution is -2.59. The molecule has 114 valence electrons. The minimum Gasteiger partial charge on any atom is -0.479 e. The Morgan fingerprint density at radius 2 is 2.05 bits per heavy atom. The van der Waals surface area contributed by atoms with Gasteiger partial charge in [-0.3, -0.25) is 4.90 Å². The molecule has 1 fully saturated rings. The highest BCUT2D eigenvalue weighted by atomic mass is 16.6. The molecule has 1 saturated heterocycles. The second-order valence-electron chi connectivity index (χ2n) is 5.60. The smallest absolute Gasteiger partial charge is 0.410 e. The lowest BCUT2D eigenvalue weighted by atomic mass is 10.0. The number of carbonyl (C=O) groups excluding carboxylic acids is 1. The Labute approximate surface area is 123 Å². The van der Waals surface area contributed by atoms with E-state index in [0.29, 0.717) is 0 Å². The summed E-state index contributed by atoms with van der Waals surface area (Å²) in [6, 6.07) is 9.33. The van der Waals surface area contributed by atoms with E-state index in [9.17, 15) is 9.59 Å². The van der Waals surface area contributed by atoms with Gasteiger partial charge in [0.1, 0.15) is 6.61 Å². The Kier molecular flexibility index (Phi) is 4.47. The maximum atomic E-state index is 12.2. The van der Waals surface area contributed by atoms with Crippen LogP contribution >= 0.6 is 0 Å². The van der Waals surface area contributed by atoms with E-state index in [1.165, 1.54) is 4.90 Å². The van der Waals surface area contributed by atoms with Crippen molar-refractivity contribution < 1.29 is 24.2 Å². The van der Waals surface area contributed by atoms with Gasteiger partial charge in [-0.2, -0.15) is 0 Å². The van der Waals surface area contributed by atoms with E-state index in [2.05, 4.69) is 0 Å². The average molecular weight is 293 g/mol. The third-order valence-corrected chi connectivity index (χ3v) is 3.42. The molecule has 0 saturated carbocycles. The van der Waals surface area contributed by atoms with Crippen molar-refractivity contribution in [1.29, 1.82) is 0 Å². The number of ether oxygens (including phenoxy) is 2. The predicted molar refractivity (Wildman–Crippen MR) is 74.8 cm³/mol. The lowest BCUT2D eigenvalue weighted by Gasteiger charge is -2.43. The first kappa shape index (κ1) is 15.3. The molecule has 6 nitrogen and oxygen atoms in total. The monoisotopic (exact) mass is 293 g/mol. The van der Waals surface area contributed by atoms with Gasteiger partial charge in [0.2, 0.25) is 0 Å². The van der Waals surface area contributed by atoms with Crippen LogP contribution in [0.25, 0.3) is 0 Å². The summed E-state index contributed by atoms with van der Waals surface area (Å²) in [5.41, 5.74) is 0.284. The van der Waals surface area contributed by atoms with Crippen LogP contribution in [0.1, 0.15) is 19.4 Å². The van der Waals surface area contributed by atoms with Crippen molar-refractivity contribution in [1.82, 2.24) is 4.90 Å². The molecule has 0 radical (unpaired) electrons. The van der Waals surface area contributed by atoms with Crippen LogP contribution in [-0.4, -0.2) is 46.9 Å². The first-order valence-corrected chi connectivity index (χ1v) is 6.73. The van der Waals surface area contributed by atoms with Crippen LogP contribution in [-0.2, 0) is 20.9 Å². The van der Waals surface area contributed by atoms with Gasteiger partial charge >= 0.3 is 12.1 Å². The fourth-order valence-electron chi connectivity index (χ4n) is 2.12. The number of hydrogen-bond acceptors (Lipinski definition) is 4. The largest absolute Gasteiger partial charge is 0.479 e. The van der Waals surface area contributed by atoms with Crippen molar-refractivity contribution in [2.24, 2.45) is 0 Å². The number of nitrogens with zero attached hydrogens (tertiary/aromatic N) is 1. The highest BCUT2D eigenvalue weighted by Gasteiger charge is 2.41. The molecule has 1 aliphatic heterocycles. The fraction of sp³-hybridized carbons (Fsp3) is 0.467. The zero-order valence-electron chi connectivity index (χ0n) is 12.1. The first-order valence-electron chi connectivity index (χ1n) is 6.73. The number of morpholine rings is 1. The highest BCUT2D eigenvalue weighted by Crippen LogP contribution is 2.23. The van der Waals surface area contributed by atoms with Gasteiger partial charge in [0, 0.05) is 0 Å². The van der Waals surface area contributed by atoms with E-state index in [-0.39, 0.29) is 19.8 Å². The molecule has 6 heteroatoms. The van der Waals surface area contributed by atoms with Crippen molar-refractivity contribution in [2.45, 2.75) is 32.1 Å². The molecular formula is C15H19NO5. The third-order valence-electron chi connectivity index (χ3n) is 3.42. The second-order valence-corrected chi connectivity index (χ2v) is 5.60. The summed E-state index contributed by atoms with van der Waals surface area (Å²) >= 11 is 0. The van der Waals surface area contributed by atoms with E-state index >= 15 is 0 Å². The minimum absolute atomic E-state index is 0.0179. The Balaban J connectivity index is 2.00. The predicted octanol–water partition coefficient (Wildman–Crippen LogP) is 1.89. The molecule has 0 aliphatic carbocycles. The topological polar surface area (TPSA) is 76.1 Å². The molecule has 1 aliphatic rings. The zero-order valence-corrected chi connectivity index (χ0v) is 12.1. The Morgan fingerprint density at radius 1 is 1.38 bits per heavy atom. The van der Waals surface area contributed by atoms with Gasteiger partial charge in [-0.15, -0.1) is 0 Å². The summed E-state index contributed by atoms with van der Waals surface area (Å²) in [6.45, 7) is 3.93. The maximum absolute atomic E-state index is 12.2. The van der Waals surface area contributed by atoms with Gasteiger partial charge in [0.25, 0.3) is 0 Å². The minimum atomic E-state index is -1.08. The number of amides is 1. The second kappa shape index (κ2) is 6.13. The van der Waals surface area contributed by atoms with Gasteiger partial charge in [-0.1, -0.05) is 30.3 Å². The van der Waals surface area contributed by atoms with Gasteiger partial charge in [-0.05, 0) is 19.4 Å². The highest BCUT2D eigenvalue weighted by molar-refractivity contribution is 5.75. The molecule has 1 atom stereocenters. The van der Waals surface area contributed by atoms with Crippen molar-refractivity contribution in [3.63, 3.8) is 0 Å². The van der Waals surface area contributed by atoms with E-state index in [4.69, 9.17) is 14.6 Å². The number of aliphatic carboxylic acids is 1. The summed E-state index contributed by atoms with van der Waals surface area (Å²) in [6.07, 6.45) is -1.54. The van der Waals surface area contributed by atoms with Crippen molar-refractivity contribution >= 4 is 12.1 Å².